The van der Waals surface area contributed by atoms with E-state index in [-0.39, 0.29) is 0 Å². The Morgan fingerprint density at radius 1 is 1.13 bits per heavy atom. The molecule has 4 rings (SSSR count). The van der Waals surface area contributed by atoms with Gasteiger partial charge in [-0.25, -0.2) is 13.5 Å². The Kier molecular flexibility index (Phi) is 3.77. The highest BCUT2D eigenvalue weighted by molar-refractivity contribution is 5.57. The van der Waals surface area contributed by atoms with E-state index in [9.17, 15) is 8.78 Å². The fourth-order valence-corrected chi connectivity index (χ4v) is 3.53. The molecule has 2 aliphatic rings. The van der Waals surface area contributed by atoms with E-state index in [1.54, 1.807) is 4.68 Å². The molecule has 1 aromatic carbocycles. The number of benzene rings is 1. The van der Waals surface area contributed by atoms with E-state index < -0.39 is 11.6 Å². The van der Waals surface area contributed by atoms with Crippen LogP contribution in [0.1, 0.15) is 30.5 Å². The Bertz CT molecular complexity index is 720. The molecule has 23 heavy (non-hydrogen) atoms. The maximum Gasteiger partial charge on any atom is 0.151 e. The first-order valence-electron chi connectivity index (χ1n) is 8.25. The molecule has 1 N–H and O–H groups in total. The Balaban J connectivity index is 1.69. The lowest BCUT2D eigenvalue weighted by molar-refractivity contribution is 0.217. The van der Waals surface area contributed by atoms with Crippen molar-refractivity contribution in [2.24, 2.45) is 0 Å². The number of likely N-dealkylation sites (tertiary alicyclic amines) is 1. The lowest BCUT2D eigenvalue weighted by Crippen LogP contribution is -2.29. The molecule has 0 atom stereocenters. The number of nitrogens with zero attached hydrogens (tertiary/aromatic N) is 3. The highest BCUT2D eigenvalue weighted by Gasteiger charge is 2.25. The van der Waals surface area contributed by atoms with E-state index in [2.05, 4.69) is 15.3 Å². The van der Waals surface area contributed by atoms with E-state index in [0.717, 1.165) is 50.2 Å². The summed E-state index contributed by atoms with van der Waals surface area (Å²) in [5.41, 5.74) is 2.47. The summed E-state index contributed by atoms with van der Waals surface area (Å²) in [4.78, 5) is 2.41. The zero-order chi connectivity index (χ0) is 15.8. The van der Waals surface area contributed by atoms with Crippen molar-refractivity contribution in [1.29, 1.82) is 0 Å². The van der Waals surface area contributed by atoms with Crippen LogP contribution in [0.25, 0.3) is 5.69 Å². The third kappa shape index (κ3) is 2.72. The quantitative estimate of drug-likeness (QED) is 0.944. The summed E-state index contributed by atoms with van der Waals surface area (Å²) in [6.07, 6.45) is 4.66. The van der Waals surface area contributed by atoms with Crippen LogP contribution in [0.2, 0.25) is 0 Å². The molecule has 1 aromatic heterocycles. The fraction of sp³-hybridized carbons (Fsp3) is 0.471. The Morgan fingerprint density at radius 2 is 1.96 bits per heavy atom. The highest BCUT2D eigenvalue weighted by atomic mass is 19.1. The summed E-state index contributed by atoms with van der Waals surface area (Å²) < 4.78 is 28.9. The van der Waals surface area contributed by atoms with Gasteiger partial charge in [0.1, 0.15) is 17.3 Å². The van der Waals surface area contributed by atoms with Crippen molar-refractivity contribution >= 4 is 5.82 Å². The maximum absolute atomic E-state index is 14.1. The van der Waals surface area contributed by atoms with Crippen LogP contribution in [-0.2, 0) is 13.0 Å². The number of fused-ring (bicyclic) bond motifs is 1. The number of aromatic nitrogens is 2. The molecular formula is C17H20F2N4. The Hall–Kier alpha value is -1.95. The van der Waals surface area contributed by atoms with E-state index in [4.69, 9.17) is 0 Å². The van der Waals surface area contributed by atoms with Crippen LogP contribution < -0.4 is 5.32 Å². The molecule has 6 heteroatoms. The summed E-state index contributed by atoms with van der Waals surface area (Å²) >= 11 is 0. The van der Waals surface area contributed by atoms with Gasteiger partial charge in [0.15, 0.2) is 5.82 Å². The van der Waals surface area contributed by atoms with Gasteiger partial charge in [-0.15, -0.1) is 0 Å². The van der Waals surface area contributed by atoms with Crippen LogP contribution >= 0.6 is 0 Å². The smallest absolute Gasteiger partial charge is 0.151 e. The van der Waals surface area contributed by atoms with Gasteiger partial charge in [0.2, 0.25) is 0 Å². The lowest BCUT2D eigenvalue weighted by atomic mass is 10.1. The van der Waals surface area contributed by atoms with Crippen LogP contribution in [0.15, 0.2) is 18.2 Å². The number of hydrogen-bond acceptors (Lipinski definition) is 3. The first-order chi connectivity index (χ1) is 11.2. The van der Waals surface area contributed by atoms with Crippen molar-refractivity contribution in [1.82, 2.24) is 14.7 Å². The number of anilines is 1. The van der Waals surface area contributed by atoms with E-state index in [1.807, 2.05) is 0 Å². The molecule has 1 saturated heterocycles. The van der Waals surface area contributed by atoms with E-state index in [1.165, 1.54) is 37.0 Å². The second-order valence-electron chi connectivity index (χ2n) is 6.29. The van der Waals surface area contributed by atoms with E-state index in [0.29, 0.717) is 5.69 Å². The third-order valence-corrected chi connectivity index (χ3v) is 4.69. The molecular weight excluding hydrogens is 298 g/mol. The van der Waals surface area contributed by atoms with Crippen molar-refractivity contribution in [2.75, 3.05) is 25.0 Å². The standard InChI is InChI=1S/C17H20F2N4/c18-12-4-5-16(14(19)10-12)23-17-13(6-7-20-17)15(21-23)11-22-8-2-1-3-9-22/h4-5,10,20H,1-3,6-9,11H2. The van der Waals surface area contributed by atoms with Gasteiger partial charge in [0.05, 0.1) is 5.69 Å². The zero-order valence-corrected chi connectivity index (χ0v) is 13.0. The first kappa shape index (κ1) is 14.6. The Labute approximate surface area is 134 Å². The monoisotopic (exact) mass is 318 g/mol. The second kappa shape index (κ2) is 5.92. The zero-order valence-electron chi connectivity index (χ0n) is 13.0. The topological polar surface area (TPSA) is 33.1 Å². The summed E-state index contributed by atoms with van der Waals surface area (Å²) in [6.45, 7) is 3.84. The van der Waals surface area contributed by atoms with Crippen molar-refractivity contribution in [3.05, 3.63) is 41.1 Å². The summed E-state index contributed by atoms with van der Waals surface area (Å²) in [5, 5.41) is 7.92. The largest absolute Gasteiger partial charge is 0.369 e. The molecule has 0 bridgehead atoms. The highest BCUT2D eigenvalue weighted by Crippen LogP contribution is 2.30. The molecule has 0 radical (unpaired) electrons. The van der Waals surface area contributed by atoms with Crippen LogP contribution in [0.5, 0.6) is 0 Å². The minimum atomic E-state index is -0.589. The van der Waals surface area contributed by atoms with Gasteiger partial charge in [-0.05, 0) is 44.5 Å². The summed E-state index contributed by atoms with van der Waals surface area (Å²) in [5.74, 6) is -0.312. The van der Waals surface area contributed by atoms with Crippen molar-refractivity contribution in [3.63, 3.8) is 0 Å². The molecule has 0 saturated carbocycles. The number of rotatable bonds is 3. The third-order valence-electron chi connectivity index (χ3n) is 4.69. The normalized spacial score (nSPS) is 18.0. The summed E-state index contributed by atoms with van der Waals surface area (Å²) in [7, 11) is 0. The number of halogens is 2. The van der Waals surface area contributed by atoms with Crippen molar-refractivity contribution < 1.29 is 8.78 Å². The van der Waals surface area contributed by atoms with Crippen molar-refractivity contribution in [2.45, 2.75) is 32.2 Å². The number of hydrogen-bond donors (Lipinski definition) is 1. The molecule has 122 valence electrons. The molecule has 0 spiro atoms. The van der Waals surface area contributed by atoms with Crippen LogP contribution in [-0.4, -0.2) is 34.3 Å². The first-order valence-corrected chi connectivity index (χ1v) is 8.25. The molecule has 0 amide bonds. The van der Waals surface area contributed by atoms with E-state index >= 15 is 0 Å². The van der Waals surface area contributed by atoms with Gasteiger partial charge in [-0.3, -0.25) is 4.90 Å². The van der Waals surface area contributed by atoms with Crippen molar-refractivity contribution in [3.8, 4) is 5.69 Å². The van der Waals surface area contributed by atoms with Gasteiger partial charge in [-0.2, -0.15) is 5.10 Å². The number of piperidine rings is 1. The predicted octanol–water partition coefficient (Wildman–Crippen LogP) is 3.10. The SMILES string of the molecule is Fc1ccc(-n2nc(CN3CCCCC3)c3c2NCC3)c(F)c1. The number of nitrogens with one attached hydrogen (secondary N) is 1. The van der Waals surface area contributed by atoms with Crippen LogP contribution in [0, 0.1) is 11.6 Å². The van der Waals surface area contributed by atoms with Gasteiger partial charge < -0.3 is 5.32 Å². The van der Waals surface area contributed by atoms with Crippen LogP contribution in [0.3, 0.4) is 0 Å². The maximum atomic E-state index is 14.1. The molecule has 2 aromatic rings. The molecule has 0 unspecified atom stereocenters. The molecule has 3 heterocycles. The molecule has 0 aliphatic carbocycles. The van der Waals surface area contributed by atoms with Gasteiger partial charge in [0, 0.05) is 24.7 Å². The second-order valence-corrected chi connectivity index (χ2v) is 6.29. The Morgan fingerprint density at radius 3 is 2.74 bits per heavy atom. The fourth-order valence-electron chi connectivity index (χ4n) is 3.53. The van der Waals surface area contributed by atoms with Gasteiger partial charge in [-0.1, -0.05) is 6.42 Å². The molecule has 1 fully saturated rings. The molecule has 2 aliphatic heterocycles. The predicted molar refractivity (Wildman–Crippen MR) is 84.8 cm³/mol. The lowest BCUT2D eigenvalue weighted by Gasteiger charge is -2.25. The van der Waals surface area contributed by atoms with Crippen LogP contribution in [0.4, 0.5) is 14.6 Å². The van der Waals surface area contributed by atoms with Gasteiger partial charge >= 0.3 is 0 Å². The average Bonchev–Trinajstić information content (AvgIpc) is 3.13. The van der Waals surface area contributed by atoms with Gasteiger partial charge in [0.25, 0.3) is 0 Å². The average molecular weight is 318 g/mol. The minimum Gasteiger partial charge on any atom is -0.369 e. The summed E-state index contributed by atoms with van der Waals surface area (Å²) in [6, 6.07) is 3.62. The molecule has 4 nitrogen and oxygen atoms in total. The minimum absolute atomic E-state index is 0.293.